The monoisotopic (exact) mass is 328 g/mol. The molecule has 2 rings (SSSR count). The molecule has 2 aromatic carbocycles. The second kappa shape index (κ2) is 5.83. The van der Waals surface area contributed by atoms with Crippen molar-refractivity contribution in [3.63, 3.8) is 0 Å². The lowest BCUT2D eigenvalue weighted by Crippen LogP contribution is -2.03. The number of rotatable bonds is 3. The van der Waals surface area contributed by atoms with Crippen molar-refractivity contribution < 1.29 is 9.50 Å². The molecule has 0 radical (unpaired) electrons. The Morgan fingerprint density at radius 2 is 1.94 bits per heavy atom. The molecule has 1 atom stereocenters. The van der Waals surface area contributed by atoms with E-state index in [0.717, 1.165) is 10.0 Å². The maximum absolute atomic E-state index is 13.0. The van der Waals surface area contributed by atoms with Gasteiger partial charge in [-0.1, -0.05) is 35.9 Å². The Kier molecular flexibility index (Phi) is 4.38. The van der Waals surface area contributed by atoms with Crippen LogP contribution in [0.25, 0.3) is 0 Å². The van der Waals surface area contributed by atoms with Gasteiger partial charge in [-0.2, -0.15) is 0 Å². The van der Waals surface area contributed by atoms with Gasteiger partial charge in [0.25, 0.3) is 0 Å². The molecule has 0 aliphatic heterocycles. The molecule has 94 valence electrons. The molecule has 0 saturated carbocycles. The van der Waals surface area contributed by atoms with Crippen molar-refractivity contribution in [2.75, 3.05) is 0 Å². The van der Waals surface area contributed by atoms with Gasteiger partial charge in [0.15, 0.2) is 0 Å². The number of aliphatic hydroxyl groups excluding tert-OH is 1. The third kappa shape index (κ3) is 3.10. The molecule has 0 fully saturated rings. The molecule has 18 heavy (non-hydrogen) atoms. The Morgan fingerprint density at radius 3 is 2.67 bits per heavy atom. The predicted octanol–water partition coefficient (Wildman–Crippen LogP) is 4.52. The van der Waals surface area contributed by atoms with Crippen molar-refractivity contribution in [2.45, 2.75) is 12.5 Å². The van der Waals surface area contributed by atoms with E-state index < -0.39 is 6.10 Å². The van der Waals surface area contributed by atoms with Gasteiger partial charge < -0.3 is 5.11 Å². The number of benzene rings is 2. The minimum Gasteiger partial charge on any atom is -0.388 e. The molecule has 4 heteroatoms. The van der Waals surface area contributed by atoms with Crippen LogP contribution in [0.4, 0.5) is 4.39 Å². The Hall–Kier alpha value is -0.900. The average Bonchev–Trinajstić information content (AvgIpc) is 2.32. The van der Waals surface area contributed by atoms with Gasteiger partial charge in [0.05, 0.1) is 11.1 Å². The van der Waals surface area contributed by atoms with Crippen molar-refractivity contribution in [3.8, 4) is 0 Å². The zero-order chi connectivity index (χ0) is 13.1. The van der Waals surface area contributed by atoms with Gasteiger partial charge in [0.2, 0.25) is 0 Å². The summed E-state index contributed by atoms with van der Waals surface area (Å²) in [5.41, 5.74) is 1.37. The number of aliphatic hydroxyl groups is 1. The van der Waals surface area contributed by atoms with E-state index >= 15 is 0 Å². The first kappa shape index (κ1) is 13.5. The Morgan fingerprint density at radius 1 is 1.22 bits per heavy atom. The van der Waals surface area contributed by atoms with Crippen LogP contribution < -0.4 is 0 Å². The summed E-state index contributed by atoms with van der Waals surface area (Å²) in [6.45, 7) is 0. The highest BCUT2D eigenvalue weighted by Crippen LogP contribution is 2.31. The van der Waals surface area contributed by atoms with E-state index in [0.29, 0.717) is 17.0 Å². The summed E-state index contributed by atoms with van der Waals surface area (Å²) < 4.78 is 13.8. The highest BCUT2D eigenvalue weighted by atomic mass is 79.9. The fourth-order valence-corrected chi connectivity index (χ4v) is 2.41. The summed E-state index contributed by atoms with van der Waals surface area (Å²) in [6, 6.07) is 11.6. The standard InChI is InChI=1S/C14H11BrClFO/c15-12-6-2-5-11(14(12)16)13(18)8-9-3-1-4-10(17)7-9/h1-7,13,18H,8H2. The van der Waals surface area contributed by atoms with Crippen LogP contribution in [0.5, 0.6) is 0 Å². The summed E-state index contributed by atoms with van der Waals surface area (Å²) in [5, 5.41) is 10.6. The first-order valence-electron chi connectivity index (χ1n) is 5.44. The molecule has 0 aliphatic carbocycles. The molecule has 1 N–H and O–H groups in total. The molecule has 0 aromatic heterocycles. The topological polar surface area (TPSA) is 20.2 Å². The minimum absolute atomic E-state index is 0.306. The van der Waals surface area contributed by atoms with Gasteiger partial charge in [-0.3, -0.25) is 0 Å². The van der Waals surface area contributed by atoms with E-state index in [2.05, 4.69) is 15.9 Å². The highest BCUT2D eigenvalue weighted by molar-refractivity contribution is 9.10. The van der Waals surface area contributed by atoms with Gasteiger partial charge in [-0.25, -0.2) is 4.39 Å². The lowest BCUT2D eigenvalue weighted by molar-refractivity contribution is 0.178. The second-order valence-electron chi connectivity index (χ2n) is 3.99. The number of hydrogen-bond acceptors (Lipinski definition) is 1. The molecule has 1 unspecified atom stereocenters. The van der Waals surface area contributed by atoms with Crippen LogP contribution in [0, 0.1) is 5.82 Å². The molecule has 0 heterocycles. The minimum atomic E-state index is -0.753. The van der Waals surface area contributed by atoms with Crippen molar-refractivity contribution in [1.82, 2.24) is 0 Å². The summed E-state index contributed by atoms with van der Waals surface area (Å²) in [7, 11) is 0. The average molecular weight is 330 g/mol. The number of hydrogen-bond donors (Lipinski definition) is 1. The van der Waals surface area contributed by atoms with Crippen LogP contribution in [0.15, 0.2) is 46.9 Å². The van der Waals surface area contributed by atoms with E-state index in [1.54, 1.807) is 30.3 Å². The van der Waals surface area contributed by atoms with Crippen molar-refractivity contribution >= 4 is 27.5 Å². The summed E-state index contributed by atoms with van der Waals surface area (Å²) in [6.07, 6.45) is -0.426. The molecule has 2 aromatic rings. The van der Waals surface area contributed by atoms with Crippen LogP contribution in [0.3, 0.4) is 0 Å². The van der Waals surface area contributed by atoms with Crippen LogP contribution in [0.1, 0.15) is 17.2 Å². The van der Waals surface area contributed by atoms with Gasteiger partial charge in [-0.05, 0) is 39.7 Å². The first-order valence-corrected chi connectivity index (χ1v) is 6.61. The Labute approximate surface area is 118 Å². The molecular weight excluding hydrogens is 319 g/mol. The first-order chi connectivity index (χ1) is 8.58. The lowest BCUT2D eigenvalue weighted by Gasteiger charge is -2.13. The molecule has 0 amide bonds. The zero-order valence-corrected chi connectivity index (χ0v) is 11.7. The highest BCUT2D eigenvalue weighted by Gasteiger charge is 2.14. The molecule has 0 saturated heterocycles. The molecule has 0 spiro atoms. The SMILES string of the molecule is OC(Cc1cccc(F)c1)c1cccc(Br)c1Cl. The van der Waals surface area contributed by atoms with E-state index in [1.807, 2.05) is 0 Å². The maximum atomic E-state index is 13.0. The third-order valence-electron chi connectivity index (χ3n) is 2.66. The molecule has 1 nitrogen and oxygen atoms in total. The zero-order valence-electron chi connectivity index (χ0n) is 9.41. The van der Waals surface area contributed by atoms with Crippen molar-refractivity contribution in [3.05, 3.63) is 68.9 Å². The quantitative estimate of drug-likeness (QED) is 0.878. The van der Waals surface area contributed by atoms with Crippen molar-refractivity contribution in [2.24, 2.45) is 0 Å². The fourth-order valence-electron chi connectivity index (χ4n) is 1.77. The smallest absolute Gasteiger partial charge is 0.123 e. The third-order valence-corrected chi connectivity index (χ3v) is 3.97. The summed E-state index contributed by atoms with van der Waals surface area (Å²) in [4.78, 5) is 0. The van der Waals surface area contributed by atoms with Crippen LogP contribution >= 0.6 is 27.5 Å². The van der Waals surface area contributed by atoms with Gasteiger partial charge in [0.1, 0.15) is 5.82 Å². The Balaban J connectivity index is 2.22. The van der Waals surface area contributed by atoms with Gasteiger partial charge in [0, 0.05) is 16.5 Å². The lowest BCUT2D eigenvalue weighted by atomic mass is 10.0. The van der Waals surface area contributed by atoms with E-state index in [4.69, 9.17) is 11.6 Å². The summed E-state index contributed by atoms with van der Waals surface area (Å²) >= 11 is 9.41. The maximum Gasteiger partial charge on any atom is 0.123 e. The second-order valence-corrected chi connectivity index (χ2v) is 5.23. The van der Waals surface area contributed by atoms with Crippen LogP contribution in [0.2, 0.25) is 5.02 Å². The van der Waals surface area contributed by atoms with Crippen LogP contribution in [-0.2, 0) is 6.42 Å². The van der Waals surface area contributed by atoms with E-state index in [-0.39, 0.29) is 5.82 Å². The molecular formula is C14H11BrClFO. The largest absolute Gasteiger partial charge is 0.388 e. The van der Waals surface area contributed by atoms with E-state index in [9.17, 15) is 9.50 Å². The predicted molar refractivity (Wildman–Crippen MR) is 74.2 cm³/mol. The Bertz CT molecular complexity index is 559. The fraction of sp³-hybridized carbons (Fsp3) is 0.143. The van der Waals surface area contributed by atoms with Gasteiger partial charge in [-0.15, -0.1) is 0 Å². The normalized spacial score (nSPS) is 12.4. The summed E-state index contributed by atoms with van der Waals surface area (Å²) in [5.74, 6) is -0.306. The van der Waals surface area contributed by atoms with E-state index in [1.165, 1.54) is 12.1 Å². The number of halogens is 3. The van der Waals surface area contributed by atoms with Crippen molar-refractivity contribution in [1.29, 1.82) is 0 Å². The molecule has 0 aliphatic rings. The molecule has 0 bridgehead atoms. The van der Waals surface area contributed by atoms with Crippen LogP contribution in [-0.4, -0.2) is 5.11 Å². The van der Waals surface area contributed by atoms with Gasteiger partial charge >= 0.3 is 0 Å².